The van der Waals surface area contributed by atoms with E-state index in [4.69, 9.17) is 10.2 Å². The first kappa shape index (κ1) is 39.4. The number of nitrogens with one attached hydrogen (secondary N) is 2. The molecular weight excluding hydrogens is 705 g/mol. The fraction of sp³-hybridized carbons (Fsp3) is 0.263. The lowest BCUT2D eigenvalue weighted by Crippen LogP contribution is -2.31. The van der Waals surface area contributed by atoms with E-state index in [-0.39, 0.29) is 9.79 Å². The third-order valence-corrected chi connectivity index (χ3v) is 11.0. The fourth-order valence-electron chi connectivity index (χ4n) is 5.12. The third-order valence-electron chi connectivity index (χ3n) is 7.77. The molecular formula is C38H42N4O8S2. The lowest BCUT2D eigenvalue weighted by Gasteiger charge is -2.17. The Hall–Kier alpha value is -5.34. The number of hydrogen-bond acceptors (Lipinski definition) is 10. The van der Waals surface area contributed by atoms with Crippen LogP contribution in [0, 0.1) is 6.92 Å². The molecule has 14 heteroatoms. The van der Waals surface area contributed by atoms with E-state index in [0.717, 1.165) is 78.5 Å². The summed E-state index contributed by atoms with van der Waals surface area (Å²) < 4.78 is 46.2. The van der Waals surface area contributed by atoms with Crippen molar-refractivity contribution in [2.75, 3.05) is 37.7 Å². The van der Waals surface area contributed by atoms with Crippen molar-refractivity contribution in [1.29, 1.82) is 0 Å². The Balaban J connectivity index is 0.000000177. The van der Waals surface area contributed by atoms with Crippen molar-refractivity contribution in [2.24, 2.45) is 9.98 Å². The zero-order chi connectivity index (χ0) is 37.6. The predicted molar refractivity (Wildman–Crippen MR) is 201 cm³/mol. The van der Waals surface area contributed by atoms with Crippen LogP contribution in [0.15, 0.2) is 123 Å². The van der Waals surface area contributed by atoms with Gasteiger partial charge < -0.3 is 20.8 Å². The third kappa shape index (κ3) is 12.5. The summed E-state index contributed by atoms with van der Waals surface area (Å²) in [5, 5.41) is 23.6. The van der Waals surface area contributed by atoms with Crippen LogP contribution in [0.1, 0.15) is 40.7 Å². The van der Waals surface area contributed by atoms with Crippen molar-refractivity contribution < 1.29 is 36.6 Å². The lowest BCUT2D eigenvalue weighted by molar-refractivity contribution is -0.135. The summed E-state index contributed by atoms with van der Waals surface area (Å²) in [7, 11) is -7.42. The summed E-state index contributed by atoms with van der Waals surface area (Å²) in [4.78, 5) is 29.9. The van der Waals surface area contributed by atoms with Crippen molar-refractivity contribution in [3.8, 4) is 0 Å². The Bertz CT molecular complexity index is 2040. The van der Waals surface area contributed by atoms with Crippen molar-refractivity contribution >= 4 is 43.3 Å². The van der Waals surface area contributed by atoms with Gasteiger partial charge in [0, 0.05) is 37.3 Å². The second-order valence-electron chi connectivity index (χ2n) is 12.0. The van der Waals surface area contributed by atoms with E-state index in [2.05, 4.69) is 44.9 Å². The molecule has 6 rings (SSSR count). The molecule has 4 aromatic carbocycles. The predicted octanol–water partition coefficient (Wildman–Crippen LogP) is 4.16. The highest BCUT2D eigenvalue weighted by atomic mass is 32.2. The van der Waals surface area contributed by atoms with E-state index in [1.165, 1.54) is 24.3 Å². The van der Waals surface area contributed by atoms with Gasteiger partial charge in [0.2, 0.25) is 0 Å². The van der Waals surface area contributed by atoms with Crippen LogP contribution in [0.2, 0.25) is 0 Å². The highest BCUT2D eigenvalue weighted by Gasteiger charge is 2.19. The number of carbonyl (C=O) groups is 2. The van der Waals surface area contributed by atoms with Crippen LogP contribution in [0.3, 0.4) is 0 Å². The largest absolute Gasteiger partial charge is 0.480 e. The standard InChI is InChI=1S/C15H14O4S.C14H18N4.C9H10O4S/c16-15(17)11-20(18,19)14-8-6-13(7-9-14)10-12-4-2-1-3-5-12;1-7-15-13(16-8-1)11-3-5-12(6-4-11)14-17-9-2-10-18-14;1-7-2-4-8(5-3-7)14(12,13)6-9(10)11/h1-9H,10-11H2,(H,16,17);3-6H,1-2,7-10H2,(H,15,16)(H,17,18);2-5H,6H2,1H3,(H,10,11). The van der Waals surface area contributed by atoms with E-state index in [1.54, 1.807) is 24.3 Å². The molecule has 0 saturated heterocycles. The number of hydrogen-bond donors (Lipinski definition) is 4. The van der Waals surface area contributed by atoms with Gasteiger partial charge in [0.25, 0.3) is 0 Å². The maximum absolute atomic E-state index is 11.7. The molecule has 0 atom stereocenters. The smallest absolute Gasteiger partial charge is 0.319 e. The summed E-state index contributed by atoms with van der Waals surface area (Å²) in [5.74, 6) is -2.40. The van der Waals surface area contributed by atoms with E-state index >= 15 is 0 Å². The van der Waals surface area contributed by atoms with Crippen molar-refractivity contribution in [2.45, 2.75) is 36.0 Å². The molecule has 0 amide bonds. The Morgan fingerprint density at radius 2 is 1.00 bits per heavy atom. The van der Waals surface area contributed by atoms with Gasteiger partial charge >= 0.3 is 11.9 Å². The van der Waals surface area contributed by atoms with Crippen molar-refractivity contribution in [1.82, 2.24) is 10.6 Å². The quantitative estimate of drug-likeness (QED) is 0.183. The van der Waals surface area contributed by atoms with Crippen molar-refractivity contribution in [3.63, 3.8) is 0 Å². The topological polar surface area (TPSA) is 192 Å². The summed E-state index contributed by atoms with van der Waals surface area (Å²) in [5.41, 5.74) is 5.36. The Morgan fingerprint density at radius 3 is 1.38 bits per heavy atom. The number of amidine groups is 2. The minimum atomic E-state index is -3.75. The number of benzene rings is 4. The van der Waals surface area contributed by atoms with Gasteiger partial charge in [-0.25, -0.2) is 16.8 Å². The molecule has 4 N–H and O–H groups in total. The van der Waals surface area contributed by atoms with Gasteiger partial charge in [-0.2, -0.15) is 0 Å². The number of aliphatic carboxylic acids is 2. The molecule has 4 aromatic rings. The second kappa shape index (κ2) is 18.8. The van der Waals surface area contributed by atoms with Gasteiger partial charge in [-0.3, -0.25) is 19.6 Å². The summed E-state index contributed by atoms with van der Waals surface area (Å²) in [6, 6.07) is 30.7. The molecule has 52 heavy (non-hydrogen) atoms. The molecule has 0 aromatic heterocycles. The Morgan fingerprint density at radius 1 is 0.596 bits per heavy atom. The van der Waals surface area contributed by atoms with Gasteiger partial charge in [-0.1, -0.05) is 84.4 Å². The second-order valence-corrected chi connectivity index (χ2v) is 16.0. The van der Waals surface area contributed by atoms with Gasteiger partial charge in [0.15, 0.2) is 31.2 Å². The minimum absolute atomic E-state index is 0.0386. The first-order valence-electron chi connectivity index (χ1n) is 16.6. The number of sulfone groups is 2. The summed E-state index contributed by atoms with van der Waals surface area (Å²) in [6.45, 7) is 5.73. The maximum Gasteiger partial charge on any atom is 0.319 e. The summed E-state index contributed by atoms with van der Waals surface area (Å²) >= 11 is 0. The number of carboxylic acids is 2. The van der Waals surface area contributed by atoms with E-state index < -0.39 is 43.1 Å². The summed E-state index contributed by atoms with van der Waals surface area (Å²) in [6.07, 6.45) is 2.96. The first-order valence-corrected chi connectivity index (χ1v) is 19.9. The van der Waals surface area contributed by atoms with E-state index in [9.17, 15) is 26.4 Å². The van der Waals surface area contributed by atoms with Crippen molar-refractivity contribution in [3.05, 3.63) is 131 Å². The van der Waals surface area contributed by atoms with Crippen LogP contribution in [-0.2, 0) is 35.7 Å². The first-order chi connectivity index (χ1) is 24.8. The molecule has 2 aliphatic heterocycles. The molecule has 0 fully saturated rings. The maximum atomic E-state index is 11.7. The van der Waals surface area contributed by atoms with E-state index in [1.807, 2.05) is 37.3 Å². The van der Waals surface area contributed by atoms with E-state index in [0.29, 0.717) is 6.42 Å². The molecule has 0 spiro atoms. The molecule has 0 unspecified atom stereocenters. The Kier molecular flexibility index (Phi) is 14.2. The van der Waals surface area contributed by atoms with Crippen LogP contribution in [0.4, 0.5) is 0 Å². The minimum Gasteiger partial charge on any atom is -0.480 e. The van der Waals surface area contributed by atoms with Crippen LogP contribution in [-0.4, -0.2) is 88.3 Å². The highest BCUT2D eigenvalue weighted by molar-refractivity contribution is 7.92. The fourth-order valence-corrected chi connectivity index (χ4v) is 7.21. The van der Waals surface area contributed by atoms with Crippen LogP contribution >= 0.6 is 0 Å². The normalized spacial score (nSPS) is 14.0. The molecule has 2 aliphatic rings. The molecule has 2 heterocycles. The zero-order valence-corrected chi connectivity index (χ0v) is 30.4. The SMILES string of the molecule is Cc1ccc(S(=O)(=O)CC(=O)O)cc1.O=C(O)CS(=O)(=O)c1ccc(Cc2ccccc2)cc1.c1cc(C2=NCCCN2)ccc1C1=NCCCN1. The van der Waals surface area contributed by atoms with Gasteiger partial charge in [-0.05, 0) is 61.6 Å². The van der Waals surface area contributed by atoms with Gasteiger partial charge in [-0.15, -0.1) is 0 Å². The number of carboxylic acid groups (broad SMARTS) is 2. The molecule has 0 saturated carbocycles. The number of nitrogens with zero attached hydrogens (tertiary/aromatic N) is 2. The molecule has 0 radical (unpaired) electrons. The molecule has 12 nitrogen and oxygen atoms in total. The molecule has 0 aliphatic carbocycles. The monoisotopic (exact) mass is 746 g/mol. The van der Waals surface area contributed by atoms with Crippen LogP contribution < -0.4 is 10.6 Å². The number of aliphatic imine (C=N–C) groups is 2. The van der Waals surface area contributed by atoms with Crippen LogP contribution in [0.5, 0.6) is 0 Å². The molecule has 0 bridgehead atoms. The number of rotatable bonds is 10. The lowest BCUT2D eigenvalue weighted by atomic mass is 10.1. The van der Waals surface area contributed by atoms with Crippen LogP contribution in [0.25, 0.3) is 0 Å². The Labute approximate surface area is 304 Å². The average molecular weight is 747 g/mol. The molecule has 274 valence electrons. The average Bonchev–Trinajstić information content (AvgIpc) is 3.13. The van der Waals surface area contributed by atoms with Gasteiger partial charge in [0.05, 0.1) is 9.79 Å². The zero-order valence-electron chi connectivity index (χ0n) is 28.7. The van der Waals surface area contributed by atoms with Gasteiger partial charge in [0.1, 0.15) is 11.7 Å². The number of aryl methyl sites for hydroxylation is 1. The highest BCUT2D eigenvalue weighted by Crippen LogP contribution is 2.16.